The molecule has 0 aromatic rings. The van der Waals surface area contributed by atoms with Crippen molar-refractivity contribution in [2.75, 3.05) is 59.5 Å². The number of nitrogens with zero attached hydrogens (tertiary/aromatic N) is 4. The maximum absolute atomic E-state index is 12.4. The van der Waals surface area contributed by atoms with Crippen LogP contribution < -0.4 is 5.32 Å². The van der Waals surface area contributed by atoms with Gasteiger partial charge in [-0.3, -0.25) is 14.7 Å². The van der Waals surface area contributed by atoms with Gasteiger partial charge in [0.2, 0.25) is 0 Å². The van der Waals surface area contributed by atoms with Gasteiger partial charge >= 0.3 is 0 Å². The van der Waals surface area contributed by atoms with E-state index in [0.29, 0.717) is 0 Å². The van der Waals surface area contributed by atoms with Crippen LogP contribution >= 0.6 is 24.0 Å². The number of hydrogen-bond donors (Lipinski definition) is 1. The molecule has 0 bridgehead atoms. The number of rotatable bonds is 6. The summed E-state index contributed by atoms with van der Waals surface area (Å²) < 4.78 is 5.53. The SMILES string of the molecule is CCN(CCNC(=NC)N1CCN(C(=O)C2CCCO2)CC1)C1CC1.I. The van der Waals surface area contributed by atoms with Crippen molar-refractivity contribution in [1.82, 2.24) is 20.0 Å². The summed E-state index contributed by atoms with van der Waals surface area (Å²) in [6, 6.07) is 0.807. The van der Waals surface area contributed by atoms with Gasteiger partial charge in [0, 0.05) is 59.0 Å². The first-order chi connectivity index (χ1) is 12.2. The number of aliphatic imine (C=N–C) groups is 1. The van der Waals surface area contributed by atoms with Gasteiger partial charge < -0.3 is 19.9 Å². The zero-order valence-electron chi connectivity index (χ0n) is 16.2. The molecule has 0 spiro atoms. The highest BCUT2D eigenvalue weighted by Crippen LogP contribution is 2.25. The Bertz CT molecular complexity index is 472. The third-order valence-corrected chi connectivity index (χ3v) is 5.46. The van der Waals surface area contributed by atoms with Crippen LogP contribution in [0.25, 0.3) is 0 Å². The number of piperazine rings is 1. The number of nitrogens with one attached hydrogen (secondary N) is 1. The van der Waals surface area contributed by atoms with Crippen LogP contribution in [-0.4, -0.2) is 98.2 Å². The number of carbonyl (C=O) groups is 1. The van der Waals surface area contributed by atoms with E-state index >= 15 is 0 Å². The first kappa shape index (κ1) is 21.7. The fourth-order valence-electron chi connectivity index (χ4n) is 3.80. The molecule has 2 aliphatic heterocycles. The van der Waals surface area contributed by atoms with Gasteiger partial charge in [-0.15, -0.1) is 24.0 Å². The lowest BCUT2D eigenvalue weighted by Gasteiger charge is -2.37. The second-order valence-corrected chi connectivity index (χ2v) is 7.15. The molecule has 0 aromatic carbocycles. The molecule has 2 saturated heterocycles. The lowest BCUT2D eigenvalue weighted by atomic mass is 10.2. The summed E-state index contributed by atoms with van der Waals surface area (Å²) in [6.45, 7) is 9.24. The predicted octanol–water partition coefficient (Wildman–Crippen LogP) is 0.987. The van der Waals surface area contributed by atoms with E-state index in [1.165, 1.54) is 12.8 Å². The summed E-state index contributed by atoms with van der Waals surface area (Å²) >= 11 is 0. The Labute approximate surface area is 174 Å². The van der Waals surface area contributed by atoms with Crippen LogP contribution in [0.4, 0.5) is 0 Å². The minimum absolute atomic E-state index is 0. The summed E-state index contributed by atoms with van der Waals surface area (Å²) in [7, 11) is 1.84. The average molecular weight is 479 g/mol. The summed E-state index contributed by atoms with van der Waals surface area (Å²) in [6.07, 6.45) is 4.37. The number of halogens is 1. The van der Waals surface area contributed by atoms with Crippen LogP contribution in [0.3, 0.4) is 0 Å². The van der Waals surface area contributed by atoms with Gasteiger partial charge in [0.05, 0.1) is 0 Å². The van der Waals surface area contributed by atoms with Crippen molar-refractivity contribution in [1.29, 1.82) is 0 Å². The number of ether oxygens (including phenoxy) is 1. The van der Waals surface area contributed by atoms with E-state index in [9.17, 15) is 4.79 Å². The first-order valence-electron chi connectivity index (χ1n) is 9.83. The maximum Gasteiger partial charge on any atom is 0.251 e. The molecule has 150 valence electrons. The second-order valence-electron chi connectivity index (χ2n) is 7.15. The highest BCUT2D eigenvalue weighted by Gasteiger charge is 2.31. The largest absolute Gasteiger partial charge is 0.368 e. The molecule has 1 N–H and O–H groups in total. The maximum atomic E-state index is 12.4. The quantitative estimate of drug-likeness (QED) is 0.350. The van der Waals surface area contributed by atoms with E-state index < -0.39 is 0 Å². The zero-order valence-corrected chi connectivity index (χ0v) is 18.5. The van der Waals surface area contributed by atoms with Gasteiger partial charge in [0.1, 0.15) is 6.10 Å². The van der Waals surface area contributed by atoms with Gasteiger partial charge in [-0.25, -0.2) is 0 Å². The van der Waals surface area contributed by atoms with Crippen LogP contribution in [0, 0.1) is 0 Å². The molecular weight excluding hydrogens is 445 g/mol. The molecule has 26 heavy (non-hydrogen) atoms. The average Bonchev–Trinajstić information content (AvgIpc) is 3.34. The molecule has 2 heterocycles. The Morgan fingerprint density at radius 2 is 1.88 bits per heavy atom. The minimum atomic E-state index is -0.202. The van der Waals surface area contributed by atoms with Crippen LogP contribution in [0.5, 0.6) is 0 Å². The molecule has 3 fully saturated rings. The van der Waals surface area contributed by atoms with Gasteiger partial charge in [-0.05, 0) is 32.2 Å². The molecular formula is C18H34IN5O2. The summed E-state index contributed by atoms with van der Waals surface area (Å²) in [5, 5.41) is 3.49. The Balaban J connectivity index is 0.00000243. The fraction of sp³-hybridized carbons (Fsp3) is 0.889. The third kappa shape index (κ3) is 5.69. The van der Waals surface area contributed by atoms with Crippen LogP contribution in [0.1, 0.15) is 32.6 Å². The van der Waals surface area contributed by atoms with Crippen molar-refractivity contribution < 1.29 is 9.53 Å². The summed E-state index contributed by atoms with van der Waals surface area (Å²) in [4.78, 5) is 23.6. The van der Waals surface area contributed by atoms with Gasteiger partial charge in [-0.2, -0.15) is 0 Å². The van der Waals surface area contributed by atoms with Crippen molar-refractivity contribution in [2.45, 2.75) is 44.8 Å². The standard InChI is InChI=1S/C18H33N5O2.HI/c1-3-21(15-6-7-15)9-8-20-18(19-2)23-12-10-22(11-13-23)17(24)16-5-4-14-25-16;/h15-16H,3-14H2,1-2H3,(H,19,20);1H. The smallest absolute Gasteiger partial charge is 0.251 e. The molecule has 1 saturated carbocycles. The van der Waals surface area contributed by atoms with E-state index in [2.05, 4.69) is 27.0 Å². The van der Waals surface area contributed by atoms with Crippen molar-refractivity contribution >= 4 is 35.8 Å². The van der Waals surface area contributed by atoms with Crippen molar-refractivity contribution in [3.05, 3.63) is 0 Å². The molecule has 3 aliphatic rings. The lowest BCUT2D eigenvalue weighted by Crippen LogP contribution is -2.55. The Morgan fingerprint density at radius 3 is 2.42 bits per heavy atom. The lowest BCUT2D eigenvalue weighted by molar-refractivity contribution is -0.142. The van der Waals surface area contributed by atoms with E-state index in [1.54, 1.807) is 0 Å². The normalized spacial score (nSPS) is 24.0. The van der Waals surface area contributed by atoms with E-state index in [-0.39, 0.29) is 36.0 Å². The molecule has 1 aliphatic carbocycles. The minimum Gasteiger partial charge on any atom is -0.368 e. The van der Waals surface area contributed by atoms with E-state index in [4.69, 9.17) is 4.74 Å². The summed E-state index contributed by atoms with van der Waals surface area (Å²) in [5.41, 5.74) is 0. The van der Waals surface area contributed by atoms with Crippen LogP contribution in [-0.2, 0) is 9.53 Å². The molecule has 0 aromatic heterocycles. The Kier molecular flexibility index (Phi) is 8.89. The van der Waals surface area contributed by atoms with Crippen molar-refractivity contribution in [2.24, 2.45) is 4.99 Å². The van der Waals surface area contributed by atoms with E-state index in [0.717, 1.165) is 77.3 Å². The van der Waals surface area contributed by atoms with Crippen molar-refractivity contribution in [3.63, 3.8) is 0 Å². The fourth-order valence-corrected chi connectivity index (χ4v) is 3.80. The molecule has 0 radical (unpaired) electrons. The number of likely N-dealkylation sites (N-methyl/N-ethyl adjacent to an activating group) is 1. The van der Waals surface area contributed by atoms with Gasteiger partial charge in [0.25, 0.3) is 5.91 Å². The highest BCUT2D eigenvalue weighted by molar-refractivity contribution is 14.0. The summed E-state index contributed by atoms with van der Waals surface area (Å²) in [5.74, 6) is 1.12. The molecule has 1 unspecified atom stereocenters. The molecule has 1 atom stereocenters. The molecule has 3 rings (SSSR count). The second kappa shape index (κ2) is 10.7. The Hall–Kier alpha value is -0.610. The molecule has 7 nitrogen and oxygen atoms in total. The zero-order chi connectivity index (χ0) is 17.6. The molecule has 1 amide bonds. The Morgan fingerprint density at radius 1 is 1.19 bits per heavy atom. The van der Waals surface area contributed by atoms with Crippen LogP contribution in [0.2, 0.25) is 0 Å². The topological polar surface area (TPSA) is 60.4 Å². The van der Waals surface area contributed by atoms with Gasteiger partial charge in [-0.1, -0.05) is 6.92 Å². The first-order valence-corrected chi connectivity index (χ1v) is 9.83. The third-order valence-electron chi connectivity index (χ3n) is 5.46. The number of carbonyl (C=O) groups excluding carboxylic acids is 1. The van der Waals surface area contributed by atoms with Gasteiger partial charge in [0.15, 0.2) is 5.96 Å². The van der Waals surface area contributed by atoms with Crippen LogP contribution in [0.15, 0.2) is 4.99 Å². The number of amides is 1. The van der Waals surface area contributed by atoms with E-state index in [1.807, 2.05) is 11.9 Å². The number of hydrogen-bond acceptors (Lipinski definition) is 4. The monoisotopic (exact) mass is 479 g/mol. The highest BCUT2D eigenvalue weighted by atomic mass is 127. The number of guanidine groups is 1. The predicted molar refractivity (Wildman–Crippen MR) is 114 cm³/mol. The van der Waals surface area contributed by atoms with Crippen molar-refractivity contribution in [3.8, 4) is 0 Å². The molecule has 8 heteroatoms.